The highest BCUT2D eigenvalue weighted by Gasteiger charge is 2.09. The summed E-state index contributed by atoms with van der Waals surface area (Å²) < 4.78 is 11.4. The molecule has 0 aromatic heterocycles. The van der Waals surface area contributed by atoms with Gasteiger partial charge in [0.1, 0.15) is 11.5 Å². The minimum absolute atomic E-state index is 0.547. The summed E-state index contributed by atoms with van der Waals surface area (Å²) in [6.45, 7) is 10.5. The Hall–Kier alpha value is -3.37. The molecule has 0 unspecified atom stereocenters. The van der Waals surface area contributed by atoms with Crippen molar-refractivity contribution in [1.29, 1.82) is 0 Å². The summed E-state index contributed by atoms with van der Waals surface area (Å²) in [6, 6.07) is 21.4. The van der Waals surface area contributed by atoms with E-state index in [1.165, 1.54) is 0 Å². The van der Waals surface area contributed by atoms with Gasteiger partial charge in [-0.15, -0.1) is 0 Å². The molecular formula is C26H27ClN2O2. The van der Waals surface area contributed by atoms with E-state index >= 15 is 0 Å². The molecule has 0 saturated carbocycles. The van der Waals surface area contributed by atoms with E-state index in [4.69, 9.17) is 21.1 Å². The lowest BCUT2D eigenvalue weighted by Gasteiger charge is -2.16. The average molecular weight is 435 g/mol. The second kappa shape index (κ2) is 10.6. The predicted octanol–water partition coefficient (Wildman–Crippen LogP) is 7.00. The number of ether oxygens (including phenoxy) is 2. The largest absolute Gasteiger partial charge is 0.496 e. The number of anilines is 2. The average Bonchev–Trinajstić information content (AvgIpc) is 2.75. The van der Waals surface area contributed by atoms with E-state index in [0.29, 0.717) is 11.6 Å². The maximum absolute atomic E-state index is 6.21. The first-order valence-electron chi connectivity index (χ1n) is 9.99. The Balaban J connectivity index is 1.66. The monoisotopic (exact) mass is 434 g/mol. The molecule has 0 heterocycles. The van der Waals surface area contributed by atoms with Crippen LogP contribution in [0.15, 0.2) is 85.6 Å². The van der Waals surface area contributed by atoms with Crippen LogP contribution >= 0.6 is 11.6 Å². The Labute approximate surface area is 189 Å². The van der Waals surface area contributed by atoms with Crippen molar-refractivity contribution in [3.63, 3.8) is 0 Å². The van der Waals surface area contributed by atoms with Crippen molar-refractivity contribution >= 4 is 28.7 Å². The lowest BCUT2D eigenvalue weighted by Crippen LogP contribution is -2.04. The number of nitrogens with one attached hydrogen (secondary N) is 2. The highest BCUT2D eigenvalue weighted by molar-refractivity contribution is 6.30. The van der Waals surface area contributed by atoms with Crippen molar-refractivity contribution in [1.82, 2.24) is 0 Å². The van der Waals surface area contributed by atoms with E-state index in [1.807, 2.05) is 73.7 Å². The predicted molar refractivity (Wildman–Crippen MR) is 131 cm³/mol. The van der Waals surface area contributed by atoms with Crippen LogP contribution in [0.25, 0.3) is 5.70 Å². The first-order chi connectivity index (χ1) is 15.0. The molecule has 0 radical (unpaired) electrons. The molecule has 0 aliphatic heterocycles. The van der Waals surface area contributed by atoms with E-state index < -0.39 is 0 Å². The van der Waals surface area contributed by atoms with Crippen LogP contribution in [-0.2, 0) is 6.42 Å². The van der Waals surface area contributed by atoms with Crippen molar-refractivity contribution in [2.75, 3.05) is 24.4 Å². The molecule has 0 fully saturated rings. The van der Waals surface area contributed by atoms with E-state index in [1.54, 1.807) is 7.11 Å². The molecule has 0 spiro atoms. The molecule has 3 aromatic rings. The van der Waals surface area contributed by atoms with E-state index in [0.717, 1.165) is 51.8 Å². The molecule has 0 aliphatic rings. The molecule has 0 amide bonds. The number of para-hydroxylation sites is 1. The number of rotatable bonds is 10. The molecule has 5 heteroatoms. The number of hydrogen-bond donors (Lipinski definition) is 2. The molecule has 3 aromatic carbocycles. The molecule has 2 N–H and O–H groups in total. The fourth-order valence-electron chi connectivity index (χ4n) is 3.20. The second-order valence-electron chi connectivity index (χ2n) is 7.14. The zero-order chi connectivity index (χ0) is 22.2. The van der Waals surface area contributed by atoms with Gasteiger partial charge in [-0.05, 0) is 48.9 Å². The summed E-state index contributed by atoms with van der Waals surface area (Å²) >= 11 is 6.21. The summed E-state index contributed by atoms with van der Waals surface area (Å²) in [5, 5.41) is 7.22. The van der Waals surface area contributed by atoms with Gasteiger partial charge in [-0.2, -0.15) is 0 Å². The number of methoxy groups -OCH3 is 1. The molecule has 0 saturated heterocycles. The molecule has 3 rings (SSSR count). The van der Waals surface area contributed by atoms with Gasteiger partial charge in [0.25, 0.3) is 0 Å². The summed E-state index contributed by atoms with van der Waals surface area (Å²) in [6.07, 6.45) is 0.757. The van der Waals surface area contributed by atoms with Gasteiger partial charge >= 0.3 is 0 Å². The van der Waals surface area contributed by atoms with Gasteiger partial charge in [0, 0.05) is 45.8 Å². The smallest absolute Gasteiger partial charge is 0.122 e. The van der Waals surface area contributed by atoms with Crippen LogP contribution in [0.1, 0.15) is 18.1 Å². The molecule has 160 valence electrons. The Morgan fingerprint density at radius 3 is 2.55 bits per heavy atom. The van der Waals surface area contributed by atoms with E-state index in [-0.39, 0.29) is 0 Å². The van der Waals surface area contributed by atoms with Crippen molar-refractivity contribution in [2.45, 2.75) is 13.3 Å². The number of benzene rings is 3. The van der Waals surface area contributed by atoms with Crippen LogP contribution < -0.4 is 20.1 Å². The van der Waals surface area contributed by atoms with Gasteiger partial charge in [0.15, 0.2) is 0 Å². The van der Waals surface area contributed by atoms with Gasteiger partial charge in [-0.1, -0.05) is 49.0 Å². The van der Waals surface area contributed by atoms with Gasteiger partial charge in [0.05, 0.1) is 13.7 Å². The summed E-state index contributed by atoms with van der Waals surface area (Å²) in [4.78, 5) is 0. The topological polar surface area (TPSA) is 42.5 Å². The Kier molecular flexibility index (Phi) is 7.63. The molecule has 0 bridgehead atoms. The van der Waals surface area contributed by atoms with Crippen molar-refractivity contribution in [3.8, 4) is 11.5 Å². The first kappa shape index (κ1) is 22.3. The maximum atomic E-state index is 6.21. The first-order valence-corrected chi connectivity index (χ1v) is 10.4. The summed E-state index contributed by atoms with van der Waals surface area (Å²) in [5.74, 6) is 1.65. The van der Waals surface area contributed by atoms with Crippen LogP contribution in [0.4, 0.5) is 11.4 Å². The molecule has 4 nitrogen and oxygen atoms in total. The highest BCUT2D eigenvalue weighted by atomic mass is 35.5. The molecule has 0 aliphatic carbocycles. The second-order valence-corrected chi connectivity index (χ2v) is 7.57. The van der Waals surface area contributed by atoms with Crippen LogP contribution in [0, 0.1) is 0 Å². The normalized spacial score (nSPS) is 10.3. The third-order valence-corrected chi connectivity index (χ3v) is 4.85. The molecule has 0 atom stereocenters. The number of halogens is 1. The van der Waals surface area contributed by atoms with Gasteiger partial charge in [-0.25, -0.2) is 0 Å². The molecule has 31 heavy (non-hydrogen) atoms. The van der Waals surface area contributed by atoms with Crippen molar-refractivity contribution < 1.29 is 9.47 Å². The summed E-state index contributed by atoms with van der Waals surface area (Å²) in [5.41, 5.74) is 5.31. The Bertz CT molecular complexity index is 1080. The Morgan fingerprint density at radius 2 is 1.77 bits per heavy atom. The van der Waals surface area contributed by atoms with Crippen LogP contribution in [-0.4, -0.2) is 13.7 Å². The lowest BCUT2D eigenvalue weighted by atomic mass is 10.1. The number of hydrogen-bond acceptors (Lipinski definition) is 4. The highest BCUT2D eigenvalue weighted by Crippen LogP contribution is 2.29. The van der Waals surface area contributed by atoms with Gasteiger partial charge in [-0.3, -0.25) is 0 Å². The number of allylic oxidation sites excluding steroid dienone is 1. The van der Waals surface area contributed by atoms with Crippen molar-refractivity contribution in [3.05, 3.63) is 102 Å². The van der Waals surface area contributed by atoms with Crippen LogP contribution in [0.3, 0.4) is 0 Å². The Morgan fingerprint density at radius 1 is 0.968 bits per heavy atom. The third-order valence-electron chi connectivity index (χ3n) is 4.62. The minimum Gasteiger partial charge on any atom is -0.496 e. The quantitative estimate of drug-likeness (QED) is 0.360. The molecular weight excluding hydrogens is 408 g/mol. The summed E-state index contributed by atoms with van der Waals surface area (Å²) in [7, 11) is 1.68. The fraction of sp³-hybridized carbons (Fsp3) is 0.154. The fourth-order valence-corrected chi connectivity index (χ4v) is 3.37. The van der Waals surface area contributed by atoms with Crippen LogP contribution in [0.2, 0.25) is 5.02 Å². The minimum atomic E-state index is 0.547. The van der Waals surface area contributed by atoms with Crippen molar-refractivity contribution in [2.24, 2.45) is 0 Å². The lowest BCUT2D eigenvalue weighted by molar-refractivity contribution is 0.318. The SMILES string of the molecule is C=C(C)Nc1ccc(Cl)cc1C(=C)Nc1cccc(OCCc2ccccc2OC)c1. The van der Waals surface area contributed by atoms with Gasteiger partial charge in [0.2, 0.25) is 0 Å². The zero-order valence-corrected chi connectivity index (χ0v) is 18.6. The zero-order valence-electron chi connectivity index (χ0n) is 17.9. The standard InChI is InChI=1S/C26H27ClN2O2/c1-18(2)28-25-13-12-21(27)16-24(25)19(3)29-22-9-7-10-23(17-22)31-15-14-20-8-5-6-11-26(20)30-4/h5-13,16-17,28-29H,1,3,14-15H2,2,4H3. The third kappa shape index (κ3) is 6.30. The van der Waals surface area contributed by atoms with Crippen LogP contribution in [0.5, 0.6) is 11.5 Å². The van der Waals surface area contributed by atoms with E-state index in [2.05, 4.69) is 23.8 Å². The van der Waals surface area contributed by atoms with E-state index in [9.17, 15) is 0 Å². The van der Waals surface area contributed by atoms with Gasteiger partial charge < -0.3 is 20.1 Å². The maximum Gasteiger partial charge on any atom is 0.122 e.